The molecule has 0 aliphatic heterocycles. The highest BCUT2D eigenvalue weighted by molar-refractivity contribution is 9.10. The zero-order valence-corrected chi connectivity index (χ0v) is 16.3. The Morgan fingerprint density at radius 2 is 1.80 bits per heavy atom. The maximum Gasteiger partial charge on any atom is 0.232 e. The van der Waals surface area contributed by atoms with E-state index in [-0.39, 0.29) is 17.0 Å². The Kier molecular flexibility index (Phi) is 4.75. The average Bonchev–Trinajstić information content (AvgIpc) is 2.54. The highest BCUT2D eigenvalue weighted by atomic mass is 79.9. The van der Waals surface area contributed by atoms with E-state index < -0.39 is 5.41 Å². The Hall–Kier alpha value is -2.05. The first-order valence-electron chi connectivity index (χ1n) is 7.66. The van der Waals surface area contributed by atoms with Gasteiger partial charge >= 0.3 is 0 Å². The molecule has 2 aromatic heterocycles. The summed E-state index contributed by atoms with van der Waals surface area (Å²) in [7, 11) is 0. The number of pyridine rings is 1. The van der Waals surface area contributed by atoms with Crippen molar-refractivity contribution < 1.29 is 4.79 Å². The molecule has 128 valence electrons. The second-order valence-electron chi connectivity index (χ2n) is 6.59. The molecule has 0 saturated heterocycles. The number of amides is 1. The fraction of sp³-hybridized carbons (Fsp3) is 0.222. The molecule has 0 radical (unpaired) electrons. The van der Waals surface area contributed by atoms with Crippen LogP contribution in [-0.4, -0.2) is 20.9 Å². The second kappa shape index (κ2) is 6.69. The van der Waals surface area contributed by atoms with E-state index in [9.17, 15) is 4.79 Å². The number of fused-ring (bicyclic) bond motifs is 1. The van der Waals surface area contributed by atoms with Crippen molar-refractivity contribution in [3.63, 3.8) is 0 Å². The van der Waals surface area contributed by atoms with Crippen LogP contribution in [-0.2, 0) is 4.79 Å². The molecular formula is C18H16BrClN4O. The lowest BCUT2D eigenvalue weighted by Crippen LogP contribution is -2.28. The van der Waals surface area contributed by atoms with Crippen LogP contribution in [0.5, 0.6) is 0 Å². The third-order valence-electron chi connectivity index (χ3n) is 3.57. The molecule has 3 rings (SSSR count). The van der Waals surface area contributed by atoms with E-state index >= 15 is 0 Å². The molecule has 0 atom stereocenters. The smallest absolute Gasteiger partial charge is 0.232 e. The SMILES string of the molecule is CC(C)(C)C(=O)Nc1nc(Cl)c2ccc(-c3ccccc3Br)nc2n1. The van der Waals surface area contributed by atoms with Gasteiger partial charge in [0.2, 0.25) is 11.9 Å². The quantitative estimate of drug-likeness (QED) is 0.587. The summed E-state index contributed by atoms with van der Waals surface area (Å²) < 4.78 is 0.934. The first-order chi connectivity index (χ1) is 11.8. The van der Waals surface area contributed by atoms with Crippen molar-refractivity contribution in [1.82, 2.24) is 15.0 Å². The Morgan fingerprint density at radius 3 is 2.48 bits per heavy atom. The minimum absolute atomic E-state index is 0.147. The number of carbonyl (C=O) groups is 1. The number of nitrogens with one attached hydrogen (secondary N) is 1. The van der Waals surface area contributed by atoms with E-state index in [1.807, 2.05) is 57.2 Å². The summed E-state index contributed by atoms with van der Waals surface area (Å²) in [5.74, 6) is -0.0425. The van der Waals surface area contributed by atoms with Crippen LogP contribution in [0.4, 0.5) is 5.95 Å². The molecule has 3 aromatic rings. The summed E-state index contributed by atoms with van der Waals surface area (Å²) in [6.45, 7) is 5.44. The summed E-state index contributed by atoms with van der Waals surface area (Å²) in [6.07, 6.45) is 0. The zero-order chi connectivity index (χ0) is 18.2. The van der Waals surface area contributed by atoms with Crippen LogP contribution in [0.3, 0.4) is 0 Å². The standard InChI is InChI=1S/C18H16BrClN4O/c1-18(2,3)16(25)24-17-22-14(20)11-8-9-13(21-15(11)23-17)10-6-4-5-7-12(10)19/h4-9H,1-3H3,(H,21,22,23,24,25). The molecule has 0 saturated carbocycles. The van der Waals surface area contributed by atoms with Crippen molar-refractivity contribution in [2.24, 2.45) is 5.41 Å². The van der Waals surface area contributed by atoms with Gasteiger partial charge < -0.3 is 0 Å². The predicted octanol–water partition coefficient (Wildman–Crippen LogP) is 5.09. The molecule has 0 spiro atoms. The fourth-order valence-electron chi connectivity index (χ4n) is 2.14. The topological polar surface area (TPSA) is 67.8 Å². The van der Waals surface area contributed by atoms with E-state index in [2.05, 4.69) is 36.2 Å². The Balaban J connectivity index is 2.07. The van der Waals surface area contributed by atoms with Gasteiger partial charge in [0.25, 0.3) is 0 Å². The van der Waals surface area contributed by atoms with Crippen LogP contribution in [0.1, 0.15) is 20.8 Å². The van der Waals surface area contributed by atoms with Crippen molar-refractivity contribution in [2.75, 3.05) is 5.32 Å². The van der Waals surface area contributed by atoms with E-state index in [0.717, 1.165) is 15.7 Å². The number of rotatable bonds is 2. The van der Waals surface area contributed by atoms with Crippen molar-refractivity contribution in [3.05, 3.63) is 46.0 Å². The Bertz CT molecular complexity index is 969. The molecule has 0 unspecified atom stereocenters. The highest BCUT2D eigenvalue weighted by Gasteiger charge is 2.22. The number of benzene rings is 1. The zero-order valence-electron chi connectivity index (χ0n) is 14.0. The summed E-state index contributed by atoms with van der Waals surface area (Å²) in [5.41, 5.74) is 1.56. The van der Waals surface area contributed by atoms with Gasteiger partial charge in [0.1, 0.15) is 5.15 Å². The highest BCUT2D eigenvalue weighted by Crippen LogP contribution is 2.29. The van der Waals surface area contributed by atoms with Crippen LogP contribution >= 0.6 is 27.5 Å². The minimum atomic E-state index is -0.561. The second-order valence-corrected chi connectivity index (χ2v) is 7.80. The number of carbonyl (C=O) groups excluding carboxylic acids is 1. The molecule has 5 nitrogen and oxygen atoms in total. The predicted molar refractivity (Wildman–Crippen MR) is 104 cm³/mol. The molecule has 2 heterocycles. The molecule has 1 N–H and O–H groups in total. The van der Waals surface area contributed by atoms with Crippen LogP contribution in [0.15, 0.2) is 40.9 Å². The molecular weight excluding hydrogens is 404 g/mol. The number of halogens is 2. The van der Waals surface area contributed by atoms with Gasteiger partial charge in [0, 0.05) is 15.5 Å². The van der Waals surface area contributed by atoms with Crippen LogP contribution in [0, 0.1) is 5.41 Å². The molecule has 0 fully saturated rings. The van der Waals surface area contributed by atoms with E-state index in [0.29, 0.717) is 11.0 Å². The fourth-order valence-corrected chi connectivity index (χ4v) is 2.85. The number of hydrogen-bond acceptors (Lipinski definition) is 4. The Morgan fingerprint density at radius 1 is 1.08 bits per heavy atom. The number of anilines is 1. The molecule has 1 aromatic carbocycles. The number of aromatic nitrogens is 3. The molecule has 1 amide bonds. The molecule has 7 heteroatoms. The van der Waals surface area contributed by atoms with Gasteiger partial charge in [-0.3, -0.25) is 10.1 Å². The summed E-state index contributed by atoms with van der Waals surface area (Å²) >= 11 is 9.76. The normalized spacial score (nSPS) is 11.6. The lowest BCUT2D eigenvalue weighted by Gasteiger charge is -2.16. The summed E-state index contributed by atoms with van der Waals surface area (Å²) in [5, 5.41) is 3.57. The van der Waals surface area contributed by atoms with E-state index in [1.54, 1.807) is 0 Å². The first kappa shape index (κ1) is 17.8. The summed E-state index contributed by atoms with van der Waals surface area (Å²) in [4.78, 5) is 25.2. The van der Waals surface area contributed by atoms with Crippen molar-refractivity contribution in [2.45, 2.75) is 20.8 Å². The monoisotopic (exact) mass is 418 g/mol. The van der Waals surface area contributed by atoms with Gasteiger partial charge in [-0.15, -0.1) is 0 Å². The minimum Gasteiger partial charge on any atom is -0.294 e. The van der Waals surface area contributed by atoms with Gasteiger partial charge in [0.15, 0.2) is 5.65 Å². The van der Waals surface area contributed by atoms with E-state index in [1.165, 1.54) is 0 Å². The Labute approximate surface area is 159 Å². The third kappa shape index (κ3) is 3.80. The van der Waals surface area contributed by atoms with Crippen molar-refractivity contribution in [1.29, 1.82) is 0 Å². The number of hydrogen-bond donors (Lipinski definition) is 1. The number of nitrogens with zero attached hydrogens (tertiary/aromatic N) is 3. The molecule has 25 heavy (non-hydrogen) atoms. The summed E-state index contributed by atoms with van der Waals surface area (Å²) in [6, 6.07) is 11.5. The van der Waals surface area contributed by atoms with Crippen LogP contribution in [0.25, 0.3) is 22.3 Å². The van der Waals surface area contributed by atoms with Gasteiger partial charge in [-0.05, 0) is 18.2 Å². The van der Waals surface area contributed by atoms with Gasteiger partial charge in [0.05, 0.1) is 11.1 Å². The van der Waals surface area contributed by atoms with Gasteiger partial charge in [-0.25, -0.2) is 4.98 Å². The molecule has 0 aliphatic rings. The maximum atomic E-state index is 12.2. The van der Waals surface area contributed by atoms with Gasteiger partial charge in [-0.2, -0.15) is 9.97 Å². The third-order valence-corrected chi connectivity index (χ3v) is 4.55. The lowest BCUT2D eigenvalue weighted by atomic mass is 9.96. The van der Waals surface area contributed by atoms with Crippen molar-refractivity contribution >= 4 is 50.4 Å². The van der Waals surface area contributed by atoms with Crippen molar-refractivity contribution in [3.8, 4) is 11.3 Å². The lowest BCUT2D eigenvalue weighted by molar-refractivity contribution is -0.123. The maximum absolute atomic E-state index is 12.2. The van der Waals surface area contributed by atoms with E-state index in [4.69, 9.17) is 11.6 Å². The van der Waals surface area contributed by atoms with Crippen LogP contribution in [0.2, 0.25) is 5.15 Å². The molecule has 0 aliphatic carbocycles. The van der Waals surface area contributed by atoms with Crippen LogP contribution < -0.4 is 5.32 Å². The average molecular weight is 420 g/mol. The molecule has 0 bridgehead atoms. The van der Waals surface area contributed by atoms with Gasteiger partial charge in [-0.1, -0.05) is 66.5 Å². The first-order valence-corrected chi connectivity index (χ1v) is 8.83. The largest absolute Gasteiger partial charge is 0.294 e.